The maximum absolute atomic E-state index is 9.32. The molecule has 1 atom stereocenters. The molecule has 1 saturated heterocycles. The lowest BCUT2D eigenvalue weighted by atomic mass is 10.1. The number of rotatable bonds is 6. The number of benzene rings is 1. The van der Waals surface area contributed by atoms with Gasteiger partial charge in [0.1, 0.15) is 6.07 Å². The van der Waals surface area contributed by atoms with E-state index >= 15 is 0 Å². The number of thioether (sulfide) groups is 1. The van der Waals surface area contributed by atoms with Crippen molar-refractivity contribution in [3.05, 3.63) is 23.8 Å². The Morgan fingerprint density at radius 2 is 2.42 bits per heavy atom. The van der Waals surface area contributed by atoms with E-state index < -0.39 is 0 Å². The Bertz CT molecular complexity index is 447. The van der Waals surface area contributed by atoms with Gasteiger partial charge >= 0.3 is 0 Å². The highest BCUT2D eigenvalue weighted by molar-refractivity contribution is 7.99. The summed E-state index contributed by atoms with van der Waals surface area (Å²) in [6.45, 7) is 4.18. The first kappa shape index (κ1) is 14.2. The molecule has 19 heavy (non-hydrogen) atoms. The van der Waals surface area contributed by atoms with Crippen LogP contribution in [0.1, 0.15) is 31.7 Å². The van der Waals surface area contributed by atoms with Gasteiger partial charge in [-0.15, -0.1) is 11.8 Å². The second kappa shape index (κ2) is 7.42. The summed E-state index contributed by atoms with van der Waals surface area (Å²) in [5.74, 6) is 0.990. The molecule has 1 aromatic carbocycles. The van der Waals surface area contributed by atoms with Gasteiger partial charge in [-0.1, -0.05) is 13.0 Å². The van der Waals surface area contributed by atoms with Gasteiger partial charge in [0.05, 0.1) is 11.3 Å². The molecule has 0 bridgehead atoms. The normalized spacial score (nSPS) is 18.2. The Morgan fingerprint density at radius 3 is 3.11 bits per heavy atom. The largest absolute Gasteiger partial charge is 0.384 e. The molecule has 2 N–H and O–H groups in total. The number of nitrogens with zero attached hydrogens (tertiary/aromatic N) is 1. The van der Waals surface area contributed by atoms with E-state index in [-0.39, 0.29) is 0 Å². The van der Waals surface area contributed by atoms with Crippen LogP contribution < -0.4 is 10.6 Å². The van der Waals surface area contributed by atoms with Crippen LogP contribution in [0.25, 0.3) is 0 Å². The van der Waals surface area contributed by atoms with Crippen LogP contribution in [-0.2, 0) is 0 Å². The third kappa shape index (κ3) is 3.89. The molecule has 1 aliphatic heterocycles. The number of hydrogen-bond donors (Lipinski definition) is 2. The number of nitriles is 1. The number of anilines is 1. The zero-order chi connectivity index (χ0) is 13.5. The zero-order valence-electron chi connectivity index (χ0n) is 11.4. The van der Waals surface area contributed by atoms with E-state index in [9.17, 15) is 5.26 Å². The average Bonchev–Trinajstić information content (AvgIpc) is 2.93. The fourth-order valence-corrected chi connectivity index (χ4v) is 3.24. The van der Waals surface area contributed by atoms with E-state index in [0.717, 1.165) is 41.4 Å². The lowest BCUT2D eigenvalue weighted by Crippen LogP contribution is -2.24. The van der Waals surface area contributed by atoms with Crippen molar-refractivity contribution in [3.63, 3.8) is 0 Å². The molecule has 0 amide bonds. The van der Waals surface area contributed by atoms with Crippen LogP contribution in [0.2, 0.25) is 0 Å². The molecule has 0 spiro atoms. The van der Waals surface area contributed by atoms with Gasteiger partial charge in [-0.25, -0.2) is 0 Å². The third-order valence-corrected chi connectivity index (χ3v) is 4.35. The Balaban J connectivity index is 1.95. The molecular formula is C15H21N3S. The SMILES string of the molecule is CCSc1cccc(NCC[C@@H]2CCCN2)c1C#N. The van der Waals surface area contributed by atoms with Crippen molar-refractivity contribution in [1.82, 2.24) is 5.32 Å². The van der Waals surface area contributed by atoms with Gasteiger partial charge < -0.3 is 10.6 Å². The van der Waals surface area contributed by atoms with Crippen LogP contribution in [0.3, 0.4) is 0 Å². The standard InChI is InChI=1S/C15H21N3S/c1-2-19-15-7-3-6-14(13(15)11-16)18-10-8-12-5-4-9-17-12/h3,6-7,12,17-18H,2,4-5,8-10H2,1H3/t12-/m0/s1. The Kier molecular flexibility index (Phi) is 5.56. The molecule has 102 valence electrons. The molecule has 2 rings (SSSR count). The lowest BCUT2D eigenvalue weighted by molar-refractivity contribution is 0.574. The van der Waals surface area contributed by atoms with Gasteiger partial charge in [0.2, 0.25) is 0 Å². The molecule has 0 radical (unpaired) electrons. The minimum Gasteiger partial charge on any atom is -0.384 e. The van der Waals surface area contributed by atoms with Crippen molar-refractivity contribution in [3.8, 4) is 6.07 Å². The molecule has 0 saturated carbocycles. The van der Waals surface area contributed by atoms with Crippen molar-refractivity contribution >= 4 is 17.4 Å². The maximum atomic E-state index is 9.32. The highest BCUT2D eigenvalue weighted by atomic mass is 32.2. The molecule has 1 aliphatic rings. The predicted octanol–water partition coefficient (Wildman–Crippen LogP) is 3.22. The quantitative estimate of drug-likeness (QED) is 0.783. The summed E-state index contributed by atoms with van der Waals surface area (Å²) in [5.41, 5.74) is 1.76. The van der Waals surface area contributed by atoms with Crippen LogP contribution in [0.15, 0.2) is 23.1 Å². The topological polar surface area (TPSA) is 47.8 Å². The minimum absolute atomic E-state index is 0.645. The van der Waals surface area contributed by atoms with E-state index in [1.165, 1.54) is 12.8 Å². The van der Waals surface area contributed by atoms with Crippen molar-refractivity contribution in [2.24, 2.45) is 0 Å². The van der Waals surface area contributed by atoms with Gasteiger partial charge in [-0.2, -0.15) is 5.26 Å². The summed E-state index contributed by atoms with van der Waals surface area (Å²) in [6.07, 6.45) is 3.69. The summed E-state index contributed by atoms with van der Waals surface area (Å²) in [4.78, 5) is 1.08. The lowest BCUT2D eigenvalue weighted by Gasteiger charge is -2.13. The summed E-state index contributed by atoms with van der Waals surface area (Å²) in [6, 6.07) is 9.02. The van der Waals surface area contributed by atoms with Gasteiger partial charge in [0.15, 0.2) is 0 Å². The molecule has 4 heteroatoms. The number of hydrogen-bond acceptors (Lipinski definition) is 4. The molecular weight excluding hydrogens is 254 g/mol. The van der Waals surface area contributed by atoms with Gasteiger partial charge in [-0.3, -0.25) is 0 Å². The van der Waals surface area contributed by atoms with Crippen LogP contribution in [0, 0.1) is 11.3 Å². The van der Waals surface area contributed by atoms with Gasteiger partial charge in [0.25, 0.3) is 0 Å². The van der Waals surface area contributed by atoms with Crippen molar-refractivity contribution < 1.29 is 0 Å². The second-order valence-corrected chi connectivity index (χ2v) is 6.04. The zero-order valence-corrected chi connectivity index (χ0v) is 12.2. The molecule has 1 heterocycles. The van der Waals surface area contributed by atoms with Crippen molar-refractivity contribution in [2.75, 3.05) is 24.2 Å². The van der Waals surface area contributed by atoms with E-state index in [2.05, 4.69) is 23.6 Å². The summed E-state index contributed by atoms with van der Waals surface area (Å²) >= 11 is 1.72. The van der Waals surface area contributed by atoms with E-state index in [0.29, 0.717) is 6.04 Å². The van der Waals surface area contributed by atoms with Crippen LogP contribution >= 0.6 is 11.8 Å². The highest BCUT2D eigenvalue weighted by Crippen LogP contribution is 2.27. The third-order valence-electron chi connectivity index (χ3n) is 3.41. The maximum Gasteiger partial charge on any atom is 0.102 e. The second-order valence-electron chi connectivity index (χ2n) is 4.73. The molecule has 1 fully saturated rings. The minimum atomic E-state index is 0.645. The summed E-state index contributed by atoms with van der Waals surface area (Å²) in [7, 11) is 0. The molecule has 0 unspecified atom stereocenters. The van der Waals surface area contributed by atoms with Crippen LogP contribution in [-0.4, -0.2) is 24.9 Å². The molecule has 1 aromatic rings. The first-order chi connectivity index (χ1) is 9.35. The Hall–Kier alpha value is -1.18. The Morgan fingerprint density at radius 1 is 1.53 bits per heavy atom. The van der Waals surface area contributed by atoms with Crippen molar-refractivity contribution in [2.45, 2.75) is 37.1 Å². The monoisotopic (exact) mass is 275 g/mol. The fourth-order valence-electron chi connectivity index (χ4n) is 2.45. The molecule has 3 nitrogen and oxygen atoms in total. The molecule has 0 aromatic heterocycles. The van der Waals surface area contributed by atoms with E-state index in [1.54, 1.807) is 11.8 Å². The smallest absolute Gasteiger partial charge is 0.102 e. The van der Waals surface area contributed by atoms with E-state index in [4.69, 9.17) is 0 Å². The first-order valence-corrected chi connectivity index (χ1v) is 7.97. The van der Waals surface area contributed by atoms with E-state index in [1.807, 2.05) is 18.2 Å². The predicted molar refractivity (Wildman–Crippen MR) is 81.7 cm³/mol. The fraction of sp³-hybridized carbons (Fsp3) is 0.533. The van der Waals surface area contributed by atoms with Crippen molar-refractivity contribution in [1.29, 1.82) is 5.26 Å². The summed E-state index contributed by atoms with van der Waals surface area (Å²) in [5, 5.41) is 16.2. The van der Waals surface area contributed by atoms with Crippen LogP contribution in [0.5, 0.6) is 0 Å². The van der Waals surface area contributed by atoms with Gasteiger partial charge in [0, 0.05) is 17.5 Å². The Labute approximate surface area is 119 Å². The molecule has 0 aliphatic carbocycles. The van der Waals surface area contributed by atoms with Gasteiger partial charge in [-0.05, 0) is 43.7 Å². The van der Waals surface area contributed by atoms with Crippen LogP contribution in [0.4, 0.5) is 5.69 Å². The average molecular weight is 275 g/mol. The highest BCUT2D eigenvalue weighted by Gasteiger charge is 2.13. The summed E-state index contributed by atoms with van der Waals surface area (Å²) < 4.78 is 0. The first-order valence-electron chi connectivity index (χ1n) is 6.98. The number of nitrogens with one attached hydrogen (secondary N) is 2.